The van der Waals surface area contributed by atoms with Gasteiger partial charge in [0.25, 0.3) is 0 Å². The van der Waals surface area contributed by atoms with Gasteiger partial charge < -0.3 is 5.32 Å². The summed E-state index contributed by atoms with van der Waals surface area (Å²) >= 11 is 0. The molecule has 0 spiro atoms. The minimum atomic E-state index is -0.449. The van der Waals surface area contributed by atoms with Crippen LogP contribution in [0.25, 0.3) is 0 Å². The minimum absolute atomic E-state index is 0. The molecule has 1 heterocycles. The summed E-state index contributed by atoms with van der Waals surface area (Å²) in [7, 11) is 0. The number of carbonyl (C=O) groups excluding carboxylic acids is 1. The molecule has 21 heavy (non-hydrogen) atoms. The van der Waals surface area contributed by atoms with Gasteiger partial charge in [-0.15, -0.1) is 12.4 Å². The quantitative estimate of drug-likeness (QED) is 0.917. The van der Waals surface area contributed by atoms with Crippen molar-refractivity contribution in [2.75, 3.05) is 18.4 Å². The van der Waals surface area contributed by atoms with Gasteiger partial charge in [0.15, 0.2) is 0 Å². The number of likely N-dealkylation sites (tertiary alicyclic amines) is 1. The molecular weight excluding hydrogens is 284 g/mol. The summed E-state index contributed by atoms with van der Waals surface area (Å²) in [4.78, 5) is 15.0. The van der Waals surface area contributed by atoms with Crippen LogP contribution >= 0.6 is 12.4 Å². The molecule has 1 N–H and O–H groups in total. The van der Waals surface area contributed by atoms with E-state index >= 15 is 0 Å². The minimum Gasteiger partial charge on any atom is -0.324 e. The molecule has 2 rings (SSSR count). The lowest BCUT2D eigenvalue weighted by Gasteiger charge is -2.39. The molecule has 0 aromatic heterocycles. The Hall–Kier alpha value is -1.06. The van der Waals surface area contributed by atoms with Crippen molar-refractivity contribution in [2.24, 2.45) is 0 Å². The second-order valence-corrected chi connectivity index (χ2v) is 6.33. The highest BCUT2D eigenvalue weighted by molar-refractivity contribution is 5.98. The molecule has 1 aromatic rings. The number of benzene rings is 1. The van der Waals surface area contributed by atoms with Crippen LogP contribution < -0.4 is 5.32 Å². The number of para-hydroxylation sites is 1. The topological polar surface area (TPSA) is 32.3 Å². The molecule has 0 bridgehead atoms. The number of hydrogen-bond acceptors (Lipinski definition) is 2. The number of piperidine rings is 1. The average Bonchev–Trinajstić information content (AvgIpc) is 2.43. The molecule has 118 valence electrons. The monoisotopic (exact) mass is 310 g/mol. The summed E-state index contributed by atoms with van der Waals surface area (Å²) in [6.07, 6.45) is 3.67. The van der Waals surface area contributed by atoms with Crippen LogP contribution in [0.1, 0.15) is 44.2 Å². The maximum absolute atomic E-state index is 12.7. The summed E-state index contributed by atoms with van der Waals surface area (Å²) in [6, 6.07) is 6.10. The van der Waals surface area contributed by atoms with Crippen molar-refractivity contribution < 1.29 is 4.79 Å². The van der Waals surface area contributed by atoms with Crippen LogP contribution in [0.3, 0.4) is 0 Å². The number of halogens is 1. The van der Waals surface area contributed by atoms with E-state index in [1.165, 1.54) is 19.3 Å². The normalized spacial score (nSPS) is 16.2. The lowest BCUT2D eigenvalue weighted by atomic mass is 9.97. The van der Waals surface area contributed by atoms with Crippen molar-refractivity contribution in [2.45, 2.75) is 52.5 Å². The van der Waals surface area contributed by atoms with Crippen LogP contribution in [-0.2, 0) is 4.79 Å². The molecule has 3 nitrogen and oxygen atoms in total. The van der Waals surface area contributed by atoms with Crippen molar-refractivity contribution >= 4 is 24.0 Å². The van der Waals surface area contributed by atoms with Crippen molar-refractivity contribution in [3.05, 3.63) is 29.3 Å². The van der Waals surface area contributed by atoms with Gasteiger partial charge in [0, 0.05) is 5.69 Å². The first kappa shape index (κ1) is 18.0. The number of nitrogens with one attached hydrogen (secondary N) is 1. The third kappa shape index (κ3) is 3.98. The van der Waals surface area contributed by atoms with Crippen LogP contribution in [0.15, 0.2) is 18.2 Å². The van der Waals surface area contributed by atoms with E-state index in [1.807, 2.05) is 45.9 Å². The van der Waals surface area contributed by atoms with Crippen molar-refractivity contribution in [1.29, 1.82) is 0 Å². The fourth-order valence-electron chi connectivity index (χ4n) is 2.87. The highest BCUT2D eigenvalue weighted by Crippen LogP contribution is 2.25. The lowest BCUT2D eigenvalue weighted by molar-refractivity contribution is -0.126. The Morgan fingerprint density at radius 2 is 1.62 bits per heavy atom. The van der Waals surface area contributed by atoms with E-state index in [4.69, 9.17) is 0 Å². The predicted octanol–water partition coefficient (Wildman–Crippen LogP) is 3.93. The Morgan fingerprint density at radius 3 is 2.14 bits per heavy atom. The zero-order chi connectivity index (χ0) is 14.8. The molecule has 1 amide bonds. The summed E-state index contributed by atoms with van der Waals surface area (Å²) < 4.78 is 0. The molecule has 1 aromatic carbocycles. The molecular formula is C17H27ClN2O. The predicted molar refractivity (Wildman–Crippen MR) is 91.3 cm³/mol. The van der Waals surface area contributed by atoms with Gasteiger partial charge in [-0.05, 0) is 64.8 Å². The van der Waals surface area contributed by atoms with Crippen molar-refractivity contribution in [3.8, 4) is 0 Å². The molecule has 0 unspecified atom stereocenters. The third-order valence-electron chi connectivity index (χ3n) is 4.42. The summed E-state index contributed by atoms with van der Waals surface area (Å²) in [6.45, 7) is 10.2. The van der Waals surface area contributed by atoms with Crippen LogP contribution in [0, 0.1) is 13.8 Å². The van der Waals surface area contributed by atoms with Crippen LogP contribution in [0.5, 0.6) is 0 Å². The number of anilines is 1. The second kappa shape index (κ2) is 7.28. The van der Waals surface area contributed by atoms with Gasteiger partial charge in [0.1, 0.15) is 0 Å². The Balaban J connectivity index is 0.00000220. The standard InChI is InChI=1S/C17H26N2O.ClH/c1-13-9-8-10-14(2)15(13)18-16(20)17(3,4)19-11-6-5-7-12-19;/h8-10H,5-7,11-12H2,1-4H3,(H,18,20);1H. The maximum Gasteiger partial charge on any atom is 0.244 e. The molecule has 0 aliphatic carbocycles. The Morgan fingerprint density at radius 1 is 1.10 bits per heavy atom. The first-order chi connectivity index (χ1) is 9.43. The van der Waals surface area contributed by atoms with Gasteiger partial charge in [0.2, 0.25) is 5.91 Å². The van der Waals surface area contributed by atoms with E-state index in [-0.39, 0.29) is 18.3 Å². The number of nitrogens with zero attached hydrogens (tertiary/aromatic N) is 1. The molecule has 1 fully saturated rings. The van der Waals surface area contributed by atoms with Gasteiger partial charge in [-0.25, -0.2) is 0 Å². The number of amides is 1. The molecule has 0 saturated carbocycles. The number of hydrogen-bond donors (Lipinski definition) is 1. The van der Waals surface area contributed by atoms with E-state index in [0.29, 0.717) is 0 Å². The highest BCUT2D eigenvalue weighted by Gasteiger charge is 2.35. The average molecular weight is 311 g/mol. The molecule has 1 saturated heterocycles. The first-order valence-corrected chi connectivity index (χ1v) is 7.55. The maximum atomic E-state index is 12.7. The molecule has 1 aliphatic heterocycles. The molecule has 4 heteroatoms. The van der Waals surface area contributed by atoms with E-state index in [1.54, 1.807) is 0 Å². The SMILES string of the molecule is Cc1cccc(C)c1NC(=O)C(C)(C)N1CCCCC1.Cl. The molecule has 1 aliphatic rings. The number of carbonyl (C=O) groups is 1. The van der Waals surface area contributed by atoms with Gasteiger partial charge in [-0.1, -0.05) is 24.6 Å². The smallest absolute Gasteiger partial charge is 0.244 e. The largest absolute Gasteiger partial charge is 0.324 e. The summed E-state index contributed by atoms with van der Waals surface area (Å²) in [5.74, 6) is 0.0943. The van der Waals surface area contributed by atoms with Crippen LogP contribution in [0.2, 0.25) is 0 Å². The van der Waals surface area contributed by atoms with Crippen LogP contribution in [0.4, 0.5) is 5.69 Å². The van der Waals surface area contributed by atoms with E-state index in [2.05, 4.69) is 10.2 Å². The zero-order valence-electron chi connectivity index (χ0n) is 13.5. The van der Waals surface area contributed by atoms with Gasteiger partial charge in [-0.2, -0.15) is 0 Å². The lowest BCUT2D eigenvalue weighted by Crippen LogP contribution is -2.54. The number of aryl methyl sites for hydroxylation is 2. The van der Waals surface area contributed by atoms with E-state index < -0.39 is 5.54 Å². The summed E-state index contributed by atoms with van der Waals surface area (Å²) in [5, 5.41) is 3.14. The highest BCUT2D eigenvalue weighted by atomic mass is 35.5. The van der Waals surface area contributed by atoms with Crippen LogP contribution in [-0.4, -0.2) is 29.4 Å². The second-order valence-electron chi connectivity index (χ2n) is 6.33. The van der Waals surface area contributed by atoms with E-state index in [0.717, 1.165) is 29.9 Å². The fourth-order valence-corrected chi connectivity index (χ4v) is 2.87. The van der Waals surface area contributed by atoms with Crippen molar-refractivity contribution in [3.63, 3.8) is 0 Å². The van der Waals surface area contributed by atoms with Gasteiger partial charge in [0.05, 0.1) is 5.54 Å². The Kier molecular flexibility index (Phi) is 6.24. The first-order valence-electron chi connectivity index (χ1n) is 7.55. The molecule has 0 radical (unpaired) electrons. The van der Waals surface area contributed by atoms with Gasteiger partial charge in [-0.3, -0.25) is 9.69 Å². The van der Waals surface area contributed by atoms with Crippen molar-refractivity contribution in [1.82, 2.24) is 4.90 Å². The van der Waals surface area contributed by atoms with E-state index in [9.17, 15) is 4.79 Å². The molecule has 0 atom stereocenters. The Bertz CT molecular complexity index is 473. The zero-order valence-corrected chi connectivity index (χ0v) is 14.3. The number of rotatable bonds is 3. The van der Waals surface area contributed by atoms with Gasteiger partial charge >= 0.3 is 0 Å². The Labute approximate surface area is 134 Å². The third-order valence-corrected chi connectivity index (χ3v) is 4.42. The fraction of sp³-hybridized carbons (Fsp3) is 0.588. The summed E-state index contributed by atoms with van der Waals surface area (Å²) in [5.41, 5.74) is 2.75.